The lowest BCUT2D eigenvalue weighted by molar-refractivity contribution is 0.389. The second-order valence-electron chi connectivity index (χ2n) is 10.3. The van der Waals surface area contributed by atoms with Crippen LogP contribution in [0.25, 0.3) is 0 Å². The molecule has 182 valence electrons. The Bertz CT molecular complexity index is 286. The molecular formula is C29H61N. The minimum Gasteiger partial charge on any atom is -0.309 e. The van der Waals surface area contributed by atoms with E-state index >= 15 is 0 Å². The number of nitrogens with zero attached hydrogens (tertiary/aromatic N) is 1. The van der Waals surface area contributed by atoms with Crippen molar-refractivity contribution in [2.75, 3.05) is 20.6 Å². The van der Waals surface area contributed by atoms with Gasteiger partial charge < -0.3 is 4.90 Å². The zero-order valence-corrected chi connectivity index (χ0v) is 21.8. The Kier molecular flexibility index (Phi) is 27.0. The van der Waals surface area contributed by atoms with Gasteiger partial charge in [0.05, 0.1) is 0 Å². The molecule has 0 atom stereocenters. The maximum Gasteiger partial charge on any atom is -0.00248 e. The fraction of sp³-hybridized carbons (Fsp3) is 1.00. The fourth-order valence-corrected chi connectivity index (χ4v) is 4.57. The Morgan fingerprint density at radius 2 is 0.500 bits per heavy atom. The molecule has 0 aromatic heterocycles. The van der Waals surface area contributed by atoms with E-state index in [9.17, 15) is 0 Å². The van der Waals surface area contributed by atoms with E-state index in [1.807, 2.05) is 0 Å². The molecular weight excluding hydrogens is 362 g/mol. The van der Waals surface area contributed by atoms with E-state index < -0.39 is 0 Å². The molecule has 0 N–H and O–H groups in total. The van der Waals surface area contributed by atoms with Gasteiger partial charge in [0, 0.05) is 0 Å². The van der Waals surface area contributed by atoms with Gasteiger partial charge in [0.2, 0.25) is 0 Å². The standard InChI is InChI=1S/C29H61N/c1-4-5-6-7-8-9-10-11-12-13-14-15-16-17-18-19-20-21-22-23-24-25-26-27-28-29-30(2)3/h4-29H2,1-3H3. The van der Waals surface area contributed by atoms with Gasteiger partial charge in [-0.15, -0.1) is 0 Å². The highest BCUT2D eigenvalue weighted by Gasteiger charge is 1.96. The van der Waals surface area contributed by atoms with E-state index in [-0.39, 0.29) is 0 Å². The van der Waals surface area contributed by atoms with E-state index in [2.05, 4.69) is 25.9 Å². The van der Waals surface area contributed by atoms with E-state index in [0.29, 0.717) is 0 Å². The van der Waals surface area contributed by atoms with E-state index in [1.54, 1.807) is 0 Å². The molecule has 0 radical (unpaired) electrons. The van der Waals surface area contributed by atoms with Crippen LogP contribution in [0.5, 0.6) is 0 Å². The first-order valence-corrected chi connectivity index (χ1v) is 14.4. The zero-order valence-electron chi connectivity index (χ0n) is 21.8. The highest BCUT2D eigenvalue weighted by Crippen LogP contribution is 2.15. The minimum atomic E-state index is 1.26. The van der Waals surface area contributed by atoms with Crippen LogP contribution in [0.3, 0.4) is 0 Å². The lowest BCUT2D eigenvalue weighted by Crippen LogP contribution is -2.12. The van der Waals surface area contributed by atoms with Gasteiger partial charge in [0.1, 0.15) is 0 Å². The molecule has 0 unspecified atom stereocenters. The largest absolute Gasteiger partial charge is 0.309 e. The van der Waals surface area contributed by atoms with Crippen LogP contribution in [-0.2, 0) is 0 Å². The summed E-state index contributed by atoms with van der Waals surface area (Å²) in [5.41, 5.74) is 0. The van der Waals surface area contributed by atoms with Crippen LogP contribution in [-0.4, -0.2) is 25.5 Å². The maximum atomic E-state index is 2.30. The van der Waals surface area contributed by atoms with Crippen molar-refractivity contribution in [1.82, 2.24) is 4.90 Å². The SMILES string of the molecule is CCCCCCCCCCCCCCCCCCCCCCCCCCCN(C)C. The van der Waals surface area contributed by atoms with Gasteiger partial charge in [0.25, 0.3) is 0 Å². The molecule has 0 bridgehead atoms. The average Bonchev–Trinajstić information content (AvgIpc) is 2.73. The minimum absolute atomic E-state index is 1.26. The van der Waals surface area contributed by atoms with Crippen molar-refractivity contribution in [3.05, 3.63) is 0 Å². The van der Waals surface area contributed by atoms with Crippen LogP contribution in [0.2, 0.25) is 0 Å². The summed E-state index contributed by atoms with van der Waals surface area (Å²) < 4.78 is 0. The molecule has 0 amide bonds. The van der Waals surface area contributed by atoms with Crippen molar-refractivity contribution in [2.24, 2.45) is 0 Å². The topological polar surface area (TPSA) is 3.24 Å². The monoisotopic (exact) mass is 423 g/mol. The molecule has 1 heteroatoms. The highest BCUT2D eigenvalue weighted by molar-refractivity contribution is 4.52. The first-order valence-electron chi connectivity index (χ1n) is 14.4. The second-order valence-corrected chi connectivity index (χ2v) is 10.3. The van der Waals surface area contributed by atoms with Crippen molar-refractivity contribution in [3.63, 3.8) is 0 Å². The molecule has 0 aliphatic heterocycles. The molecule has 0 aromatic rings. The predicted molar refractivity (Wildman–Crippen MR) is 140 cm³/mol. The summed E-state index contributed by atoms with van der Waals surface area (Å²) in [7, 11) is 4.36. The highest BCUT2D eigenvalue weighted by atomic mass is 15.0. The first kappa shape index (κ1) is 30.0. The third kappa shape index (κ3) is 28.0. The Morgan fingerprint density at radius 3 is 0.700 bits per heavy atom. The lowest BCUT2D eigenvalue weighted by Gasteiger charge is -2.08. The predicted octanol–water partition coefficient (Wildman–Crippen LogP) is 10.3. The molecule has 0 saturated heterocycles. The molecule has 0 heterocycles. The van der Waals surface area contributed by atoms with Crippen molar-refractivity contribution in [1.29, 1.82) is 0 Å². The van der Waals surface area contributed by atoms with Gasteiger partial charge in [-0.05, 0) is 27.1 Å². The summed E-state index contributed by atoms with van der Waals surface area (Å²) in [6, 6.07) is 0. The van der Waals surface area contributed by atoms with Crippen molar-refractivity contribution >= 4 is 0 Å². The molecule has 0 aliphatic rings. The van der Waals surface area contributed by atoms with Crippen LogP contribution >= 0.6 is 0 Å². The Balaban J connectivity index is 2.99. The Morgan fingerprint density at radius 1 is 0.300 bits per heavy atom. The number of rotatable bonds is 26. The van der Waals surface area contributed by atoms with Crippen molar-refractivity contribution < 1.29 is 0 Å². The fourth-order valence-electron chi connectivity index (χ4n) is 4.57. The second kappa shape index (κ2) is 27.0. The first-order chi connectivity index (χ1) is 14.8. The van der Waals surface area contributed by atoms with Gasteiger partial charge in [0.15, 0.2) is 0 Å². The molecule has 0 aromatic carbocycles. The summed E-state index contributed by atoms with van der Waals surface area (Å²) in [6.45, 7) is 3.57. The summed E-state index contributed by atoms with van der Waals surface area (Å²) in [6.07, 6.45) is 36.8. The van der Waals surface area contributed by atoms with Crippen LogP contribution in [0.1, 0.15) is 167 Å². The average molecular weight is 424 g/mol. The van der Waals surface area contributed by atoms with Crippen LogP contribution in [0.15, 0.2) is 0 Å². The van der Waals surface area contributed by atoms with E-state index in [4.69, 9.17) is 0 Å². The third-order valence-corrected chi connectivity index (χ3v) is 6.71. The molecule has 0 saturated carbocycles. The summed E-state index contributed by atoms with van der Waals surface area (Å²) in [4.78, 5) is 2.30. The van der Waals surface area contributed by atoms with Gasteiger partial charge in [-0.1, -0.05) is 161 Å². The zero-order chi connectivity index (χ0) is 22.0. The van der Waals surface area contributed by atoms with Crippen molar-refractivity contribution in [3.8, 4) is 0 Å². The number of unbranched alkanes of at least 4 members (excludes halogenated alkanes) is 24. The summed E-state index contributed by atoms with van der Waals surface area (Å²) in [5.74, 6) is 0. The maximum absolute atomic E-state index is 2.30. The number of hydrogen-bond acceptors (Lipinski definition) is 1. The lowest BCUT2D eigenvalue weighted by atomic mass is 10.0. The molecule has 0 fully saturated rings. The van der Waals surface area contributed by atoms with E-state index in [1.165, 1.54) is 167 Å². The normalized spacial score (nSPS) is 11.6. The summed E-state index contributed by atoms with van der Waals surface area (Å²) >= 11 is 0. The third-order valence-electron chi connectivity index (χ3n) is 6.71. The van der Waals surface area contributed by atoms with E-state index in [0.717, 1.165) is 0 Å². The van der Waals surface area contributed by atoms with Crippen LogP contribution in [0, 0.1) is 0 Å². The van der Waals surface area contributed by atoms with Gasteiger partial charge >= 0.3 is 0 Å². The van der Waals surface area contributed by atoms with Gasteiger partial charge in [-0.3, -0.25) is 0 Å². The molecule has 0 aliphatic carbocycles. The molecule has 0 rings (SSSR count). The number of hydrogen-bond donors (Lipinski definition) is 0. The van der Waals surface area contributed by atoms with Crippen LogP contribution < -0.4 is 0 Å². The smallest absolute Gasteiger partial charge is 0.00248 e. The molecule has 0 spiro atoms. The van der Waals surface area contributed by atoms with Crippen LogP contribution in [0.4, 0.5) is 0 Å². The van der Waals surface area contributed by atoms with Crippen molar-refractivity contribution in [2.45, 2.75) is 167 Å². The quantitative estimate of drug-likeness (QED) is 0.125. The Labute approximate surface area is 193 Å². The molecule has 1 nitrogen and oxygen atoms in total. The summed E-state index contributed by atoms with van der Waals surface area (Å²) in [5, 5.41) is 0. The Hall–Kier alpha value is -0.0400. The van der Waals surface area contributed by atoms with Gasteiger partial charge in [-0.2, -0.15) is 0 Å². The van der Waals surface area contributed by atoms with Gasteiger partial charge in [-0.25, -0.2) is 0 Å². The molecule has 30 heavy (non-hydrogen) atoms.